The summed E-state index contributed by atoms with van der Waals surface area (Å²) in [4.78, 5) is 11.8. The maximum atomic E-state index is 11.8. The van der Waals surface area contributed by atoms with E-state index in [1.807, 2.05) is 6.92 Å². The molecule has 0 amide bonds. The fourth-order valence-corrected chi connectivity index (χ4v) is 3.56. The van der Waals surface area contributed by atoms with Crippen LogP contribution in [0.25, 0.3) is 10.8 Å². The van der Waals surface area contributed by atoms with E-state index in [2.05, 4.69) is 42.5 Å². The van der Waals surface area contributed by atoms with Gasteiger partial charge in [-0.3, -0.25) is 0 Å². The first kappa shape index (κ1) is 15.8. The molecule has 0 unspecified atom stereocenters. The van der Waals surface area contributed by atoms with E-state index in [1.165, 1.54) is 28.8 Å². The second kappa shape index (κ2) is 7.45. The van der Waals surface area contributed by atoms with E-state index >= 15 is 0 Å². The zero-order valence-electron chi connectivity index (χ0n) is 13.7. The molecular formula is C21H24O2. The van der Waals surface area contributed by atoms with E-state index in [9.17, 15) is 4.79 Å². The van der Waals surface area contributed by atoms with Gasteiger partial charge in [0.2, 0.25) is 0 Å². The van der Waals surface area contributed by atoms with Crippen LogP contribution in [0, 0.1) is 5.92 Å². The highest BCUT2D eigenvalue weighted by atomic mass is 16.5. The van der Waals surface area contributed by atoms with E-state index in [4.69, 9.17) is 4.74 Å². The minimum absolute atomic E-state index is 0.0546. The summed E-state index contributed by atoms with van der Waals surface area (Å²) < 4.78 is 5.68. The first-order chi connectivity index (χ1) is 11.3. The van der Waals surface area contributed by atoms with Crippen molar-refractivity contribution in [2.24, 2.45) is 5.92 Å². The van der Waals surface area contributed by atoms with Crippen molar-refractivity contribution in [1.29, 1.82) is 0 Å². The topological polar surface area (TPSA) is 26.3 Å². The minimum Gasteiger partial charge on any atom is -0.459 e. The average molecular weight is 308 g/mol. The van der Waals surface area contributed by atoms with Crippen molar-refractivity contribution in [2.75, 3.05) is 0 Å². The lowest BCUT2D eigenvalue weighted by Crippen LogP contribution is -2.31. The van der Waals surface area contributed by atoms with Crippen LogP contribution >= 0.6 is 0 Å². The lowest BCUT2D eigenvalue weighted by Gasteiger charge is -2.31. The Morgan fingerprint density at radius 1 is 1.13 bits per heavy atom. The molecule has 0 saturated heterocycles. The van der Waals surface area contributed by atoms with Crippen LogP contribution in [0.2, 0.25) is 0 Å². The van der Waals surface area contributed by atoms with Gasteiger partial charge in [0.1, 0.15) is 6.10 Å². The van der Waals surface area contributed by atoms with Crippen molar-refractivity contribution >= 4 is 16.7 Å². The molecule has 1 fully saturated rings. The van der Waals surface area contributed by atoms with Gasteiger partial charge in [0, 0.05) is 6.08 Å². The highest BCUT2D eigenvalue weighted by Crippen LogP contribution is 2.30. The number of rotatable bonds is 4. The molecule has 2 atom stereocenters. The fourth-order valence-electron chi connectivity index (χ4n) is 3.56. The number of hydrogen-bond donors (Lipinski definition) is 0. The molecule has 1 aliphatic carbocycles. The standard InChI is InChI=1S/C21H24O2/c1-2-7-21(22)23-20-11-6-5-10-19(20)15-16-12-13-17-8-3-4-9-18(17)14-16/h2-4,7-9,12-14,19-20H,5-6,10-11,15H2,1H3/b7-2+/t19-,20+/m0/s1. The third kappa shape index (κ3) is 4.01. The summed E-state index contributed by atoms with van der Waals surface area (Å²) in [6.07, 6.45) is 8.81. The molecular weight excluding hydrogens is 284 g/mol. The molecule has 0 aromatic heterocycles. The molecule has 0 N–H and O–H groups in total. The number of ether oxygens (including phenoxy) is 1. The summed E-state index contributed by atoms with van der Waals surface area (Å²) in [7, 11) is 0. The molecule has 0 radical (unpaired) electrons. The Kier molecular flexibility index (Phi) is 5.12. The Balaban J connectivity index is 1.73. The maximum absolute atomic E-state index is 11.8. The predicted molar refractivity (Wildman–Crippen MR) is 94.3 cm³/mol. The third-order valence-electron chi connectivity index (χ3n) is 4.72. The Labute approximate surface area is 138 Å². The van der Waals surface area contributed by atoms with Crippen molar-refractivity contribution in [3.05, 3.63) is 60.2 Å². The molecule has 2 aromatic carbocycles. The molecule has 23 heavy (non-hydrogen) atoms. The number of carbonyl (C=O) groups excluding carboxylic acids is 1. The summed E-state index contributed by atoms with van der Waals surface area (Å²) in [5.74, 6) is 0.224. The van der Waals surface area contributed by atoms with Crippen LogP contribution in [-0.2, 0) is 16.0 Å². The molecule has 0 spiro atoms. The monoisotopic (exact) mass is 308 g/mol. The smallest absolute Gasteiger partial charge is 0.330 e. The van der Waals surface area contributed by atoms with E-state index in [0.717, 1.165) is 25.7 Å². The average Bonchev–Trinajstić information content (AvgIpc) is 2.57. The van der Waals surface area contributed by atoms with Gasteiger partial charge in [-0.1, -0.05) is 55.0 Å². The molecule has 2 heteroatoms. The van der Waals surface area contributed by atoms with Gasteiger partial charge in [0.15, 0.2) is 0 Å². The van der Waals surface area contributed by atoms with Crippen LogP contribution in [0.5, 0.6) is 0 Å². The van der Waals surface area contributed by atoms with E-state index in [1.54, 1.807) is 6.08 Å². The summed E-state index contributed by atoms with van der Waals surface area (Å²) in [5, 5.41) is 2.55. The zero-order chi connectivity index (χ0) is 16.1. The van der Waals surface area contributed by atoms with E-state index in [-0.39, 0.29) is 12.1 Å². The second-order valence-electron chi connectivity index (χ2n) is 6.41. The molecule has 1 saturated carbocycles. The van der Waals surface area contributed by atoms with Gasteiger partial charge in [0.05, 0.1) is 0 Å². The summed E-state index contributed by atoms with van der Waals surface area (Å²) in [6, 6.07) is 15.1. The Morgan fingerprint density at radius 3 is 2.74 bits per heavy atom. The first-order valence-corrected chi connectivity index (χ1v) is 8.57. The van der Waals surface area contributed by atoms with Gasteiger partial charge in [-0.05, 0) is 54.9 Å². The quantitative estimate of drug-likeness (QED) is 0.583. The Morgan fingerprint density at radius 2 is 1.91 bits per heavy atom. The number of fused-ring (bicyclic) bond motifs is 1. The fraction of sp³-hybridized carbons (Fsp3) is 0.381. The molecule has 1 aliphatic rings. The van der Waals surface area contributed by atoms with Crippen LogP contribution in [0.1, 0.15) is 38.2 Å². The molecule has 2 aromatic rings. The van der Waals surface area contributed by atoms with Crippen LogP contribution in [0.3, 0.4) is 0 Å². The number of esters is 1. The van der Waals surface area contributed by atoms with Crippen LogP contribution in [-0.4, -0.2) is 12.1 Å². The molecule has 3 rings (SSSR count). The lowest BCUT2D eigenvalue weighted by atomic mass is 9.82. The molecule has 0 aliphatic heterocycles. The largest absolute Gasteiger partial charge is 0.459 e. The van der Waals surface area contributed by atoms with Gasteiger partial charge >= 0.3 is 5.97 Å². The third-order valence-corrected chi connectivity index (χ3v) is 4.72. The van der Waals surface area contributed by atoms with Crippen molar-refractivity contribution in [2.45, 2.75) is 45.1 Å². The molecule has 2 nitrogen and oxygen atoms in total. The molecule has 0 bridgehead atoms. The highest BCUT2D eigenvalue weighted by Gasteiger charge is 2.28. The predicted octanol–water partition coefficient (Wildman–Crippen LogP) is 5.06. The lowest BCUT2D eigenvalue weighted by molar-refractivity contribution is -0.147. The van der Waals surface area contributed by atoms with Gasteiger partial charge in [-0.2, -0.15) is 0 Å². The summed E-state index contributed by atoms with van der Waals surface area (Å²) >= 11 is 0. The number of carbonyl (C=O) groups is 1. The zero-order valence-corrected chi connectivity index (χ0v) is 13.7. The van der Waals surface area contributed by atoms with Gasteiger partial charge in [-0.15, -0.1) is 0 Å². The second-order valence-corrected chi connectivity index (χ2v) is 6.41. The normalized spacial score (nSPS) is 21.6. The highest BCUT2D eigenvalue weighted by molar-refractivity contribution is 5.83. The summed E-state index contributed by atoms with van der Waals surface area (Å²) in [5.41, 5.74) is 1.34. The minimum atomic E-state index is -0.206. The number of hydrogen-bond acceptors (Lipinski definition) is 2. The van der Waals surface area contributed by atoms with Crippen molar-refractivity contribution in [1.82, 2.24) is 0 Å². The van der Waals surface area contributed by atoms with Gasteiger partial charge in [-0.25, -0.2) is 4.79 Å². The van der Waals surface area contributed by atoms with Crippen LogP contribution in [0.15, 0.2) is 54.6 Å². The number of allylic oxidation sites excluding steroid dienone is 1. The van der Waals surface area contributed by atoms with Gasteiger partial charge < -0.3 is 4.74 Å². The first-order valence-electron chi connectivity index (χ1n) is 8.57. The van der Waals surface area contributed by atoms with E-state index in [0.29, 0.717) is 5.92 Å². The van der Waals surface area contributed by atoms with Crippen molar-refractivity contribution in [3.8, 4) is 0 Å². The molecule has 120 valence electrons. The van der Waals surface area contributed by atoms with Crippen LogP contribution < -0.4 is 0 Å². The summed E-state index contributed by atoms with van der Waals surface area (Å²) in [6.45, 7) is 1.84. The van der Waals surface area contributed by atoms with Crippen molar-refractivity contribution in [3.63, 3.8) is 0 Å². The van der Waals surface area contributed by atoms with Crippen molar-refractivity contribution < 1.29 is 9.53 Å². The van der Waals surface area contributed by atoms with Gasteiger partial charge in [0.25, 0.3) is 0 Å². The Hall–Kier alpha value is -2.09. The van der Waals surface area contributed by atoms with E-state index < -0.39 is 0 Å². The SMILES string of the molecule is C/C=C/C(=O)O[C@@H]1CCCC[C@H]1Cc1ccc2ccccc2c1. The number of benzene rings is 2. The Bertz CT molecular complexity index is 702. The molecule has 0 heterocycles. The van der Waals surface area contributed by atoms with Crippen LogP contribution in [0.4, 0.5) is 0 Å². The maximum Gasteiger partial charge on any atom is 0.330 e.